The van der Waals surface area contributed by atoms with Crippen molar-refractivity contribution >= 4 is 0 Å². The minimum absolute atomic E-state index is 0.0507. The first-order valence-corrected chi connectivity index (χ1v) is 5.88. The van der Waals surface area contributed by atoms with Gasteiger partial charge in [0, 0.05) is 12.2 Å². The number of aryl methyl sites for hydroxylation is 1. The standard InChI is InChI=1S/C11H16F3N3/c1-2-8-6-10(11(12,13)14)16-17(8)9-4-3-5-15-7-9/h6,9,15H,2-5,7H2,1H3/t9-/m0/s1. The molecule has 96 valence electrons. The molecule has 1 aliphatic rings. The maximum atomic E-state index is 12.6. The Morgan fingerprint density at radius 3 is 2.82 bits per heavy atom. The summed E-state index contributed by atoms with van der Waals surface area (Å²) >= 11 is 0. The van der Waals surface area contributed by atoms with Crippen molar-refractivity contribution in [3.8, 4) is 0 Å². The van der Waals surface area contributed by atoms with Crippen molar-refractivity contribution in [3.63, 3.8) is 0 Å². The van der Waals surface area contributed by atoms with Gasteiger partial charge in [0.2, 0.25) is 0 Å². The van der Waals surface area contributed by atoms with Crippen LogP contribution in [0.5, 0.6) is 0 Å². The lowest BCUT2D eigenvalue weighted by atomic mass is 10.1. The van der Waals surface area contributed by atoms with Crippen molar-refractivity contribution < 1.29 is 13.2 Å². The molecule has 2 heterocycles. The summed E-state index contributed by atoms with van der Waals surface area (Å²) in [6.07, 6.45) is -1.91. The molecule has 0 aliphatic carbocycles. The third-order valence-corrected chi connectivity index (χ3v) is 3.08. The third-order valence-electron chi connectivity index (χ3n) is 3.08. The van der Waals surface area contributed by atoms with Crippen LogP contribution in [0.25, 0.3) is 0 Å². The first kappa shape index (κ1) is 12.4. The van der Waals surface area contributed by atoms with Crippen LogP contribution in [-0.2, 0) is 12.6 Å². The summed E-state index contributed by atoms with van der Waals surface area (Å²) in [5, 5.41) is 6.92. The Kier molecular flexibility index (Phi) is 3.42. The lowest BCUT2D eigenvalue weighted by molar-refractivity contribution is -0.141. The highest BCUT2D eigenvalue weighted by atomic mass is 19.4. The smallest absolute Gasteiger partial charge is 0.315 e. The van der Waals surface area contributed by atoms with Crippen LogP contribution in [0.4, 0.5) is 13.2 Å². The van der Waals surface area contributed by atoms with E-state index in [4.69, 9.17) is 0 Å². The van der Waals surface area contributed by atoms with Crippen LogP contribution in [0.15, 0.2) is 6.07 Å². The van der Waals surface area contributed by atoms with E-state index in [0.29, 0.717) is 18.7 Å². The molecular formula is C11H16F3N3. The summed E-state index contributed by atoms with van der Waals surface area (Å²) in [5.74, 6) is 0. The summed E-state index contributed by atoms with van der Waals surface area (Å²) in [6, 6.07) is 1.21. The van der Waals surface area contributed by atoms with Gasteiger partial charge in [-0.05, 0) is 31.9 Å². The maximum Gasteiger partial charge on any atom is 0.435 e. The van der Waals surface area contributed by atoms with Crippen LogP contribution in [0, 0.1) is 0 Å². The minimum atomic E-state index is -4.35. The average molecular weight is 247 g/mol. The Morgan fingerprint density at radius 1 is 1.53 bits per heavy atom. The molecule has 1 aromatic heterocycles. The number of hydrogen-bond acceptors (Lipinski definition) is 2. The van der Waals surface area contributed by atoms with E-state index in [-0.39, 0.29) is 6.04 Å². The molecule has 0 spiro atoms. The molecule has 2 rings (SSSR count). The lowest BCUT2D eigenvalue weighted by Gasteiger charge is -2.24. The second kappa shape index (κ2) is 4.68. The van der Waals surface area contributed by atoms with Crippen LogP contribution >= 0.6 is 0 Å². The van der Waals surface area contributed by atoms with E-state index in [2.05, 4.69) is 10.4 Å². The number of rotatable bonds is 2. The van der Waals surface area contributed by atoms with Crippen molar-refractivity contribution in [3.05, 3.63) is 17.5 Å². The number of halogens is 3. The second-order valence-electron chi connectivity index (χ2n) is 4.32. The molecule has 6 heteroatoms. The number of piperidine rings is 1. The van der Waals surface area contributed by atoms with Crippen molar-refractivity contribution in [2.24, 2.45) is 0 Å². The number of nitrogens with one attached hydrogen (secondary N) is 1. The first-order chi connectivity index (χ1) is 8.02. The molecule has 1 aromatic rings. The van der Waals surface area contributed by atoms with E-state index in [0.717, 1.165) is 25.5 Å². The van der Waals surface area contributed by atoms with Gasteiger partial charge in [-0.25, -0.2) is 0 Å². The van der Waals surface area contributed by atoms with Crippen LogP contribution in [0.3, 0.4) is 0 Å². The van der Waals surface area contributed by atoms with E-state index in [1.54, 1.807) is 4.68 Å². The van der Waals surface area contributed by atoms with Gasteiger partial charge in [-0.1, -0.05) is 6.92 Å². The topological polar surface area (TPSA) is 29.9 Å². The predicted octanol–water partition coefficient (Wildman–Crippen LogP) is 2.39. The Hall–Kier alpha value is -1.04. The molecule has 17 heavy (non-hydrogen) atoms. The third kappa shape index (κ3) is 2.62. The van der Waals surface area contributed by atoms with Gasteiger partial charge in [-0.3, -0.25) is 4.68 Å². The Bertz CT molecular complexity index is 378. The number of alkyl halides is 3. The summed E-state index contributed by atoms with van der Waals surface area (Å²) in [5.41, 5.74) is -0.119. The van der Waals surface area contributed by atoms with Gasteiger partial charge in [0.1, 0.15) is 0 Å². The highest BCUT2D eigenvalue weighted by Crippen LogP contribution is 2.30. The van der Waals surface area contributed by atoms with Crippen molar-refractivity contribution in [1.29, 1.82) is 0 Å². The monoisotopic (exact) mass is 247 g/mol. The zero-order chi connectivity index (χ0) is 12.5. The van der Waals surface area contributed by atoms with Crippen LogP contribution in [-0.4, -0.2) is 22.9 Å². The van der Waals surface area contributed by atoms with E-state index in [9.17, 15) is 13.2 Å². The minimum Gasteiger partial charge on any atom is -0.315 e. The van der Waals surface area contributed by atoms with Gasteiger partial charge in [-0.2, -0.15) is 18.3 Å². The van der Waals surface area contributed by atoms with E-state index < -0.39 is 11.9 Å². The normalized spacial score (nSPS) is 21.8. The SMILES string of the molecule is CCc1cc(C(F)(F)F)nn1[C@H]1CCCNC1. The van der Waals surface area contributed by atoms with Gasteiger partial charge in [-0.15, -0.1) is 0 Å². The Labute approximate surface area is 98.0 Å². The fraction of sp³-hybridized carbons (Fsp3) is 0.727. The summed E-state index contributed by atoms with van der Waals surface area (Å²) in [6.45, 7) is 3.49. The van der Waals surface area contributed by atoms with Crippen LogP contribution in [0.1, 0.15) is 37.2 Å². The molecule has 0 radical (unpaired) electrons. The van der Waals surface area contributed by atoms with Crippen molar-refractivity contribution in [2.75, 3.05) is 13.1 Å². The highest BCUT2D eigenvalue weighted by molar-refractivity contribution is 5.14. The molecule has 1 saturated heterocycles. The molecule has 0 unspecified atom stereocenters. The Morgan fingerprint density at radius 2 is 2.29 bits per heavy atom. The van der Waals surface area contributed by atoms with Gasteiger partial charge in [0.15, 0.2) is 5.69 Å². The van der Waals surface area contributed by atoms with E-state index in [1.165, 1.54) is 0 Å². The lowest BCUT2D eigenvalue weighted by Crippen LogP contribution is -2.33. The van der Waals surface area contributed by atoms with Gasteiger partial charge in [0.05, 0.1) is 6.04 Å². The number of aromatic nitrogens is 2. The zero-order valence-electron chi connectivity index (χ0n) is 9.72. The van der Waals surface area contributed by atoms with Gasteiger partial charge < -0.3 is 5.32 Å². The van der Waals surface area contributed by atoms with Crippen molar-refractivity contribution in [1.82, 2.24) is 15.1 Å². The number of nitrogens with zero attached hydrogens (tertiary/aromatic N) is 2. The molecule has 1 aliphatic heterocycles. The second-order valence-corrected chi connectivity index (χ2v) is 4.32. The quantitative estimate of drug-likeness (QED) is 0.869. The number of hydrogen-bond donors (Lipinski definition) is 1. The fourth-order valence-corrected chi connectivity index (χ4v) is 2.19. The van der Waals surface area contributed by atoms with Gasteiger partial charge in [0.25, 0.3) is 0 Å². The molecule has 1 fully saturated rings. The van der Waals surface area contributed by atoms with E-state index in [1.807, 2.05) is 6.92 Å². The first-order valence-electron chi connectivity index (χ1n) is 5.88. The summed E-state index contributed by atoms with van der Waals surface area (Å²) < 4.78 is 39.3. The van der Waals surface area contributed by atoms with Crippen molar-refractivity contribution in [2.45, 2.75) is 38.4 Å². The van der Waals surface area contributed by atoms with Gasteiger partial charge >= 0.3 is 6.18 Å². The molecule has 0 saturated carbocycles. The summed E-state index contributed by atoms with van der Waals surface area (Å²) in [7, 11) is 0. The zero-order valence-corrected chi connectivity index (χ0v) is 9.72. The molecule has 0 amide bonds. The molecule has 1 atom stereocenters. The molecule has 3 nitrogen and oxygen atoms in total. The molecular weight excluding hydrogens is 231 g/mol. The molecule has 0 bridgehead atoms. The van der Waals surface area contributed by atoms with Crippen LogP contribution in [0.2, 0.25) is 0 Å². The summed E-state index contributed by atoms with van der Waals surface area (Å²) in [4.78, 5) is 0. The largest absolute Gasteiger partial charge is 0.435 e. The Balaban J connectivity index is 2.28. The average Bonchev–Trinajstić information content (AvgIpc) is 2.73. The molecule has 1 N–H and O–H groups in total. The maximum absolute atomic E-state index is 12.6. The highest BCUT2D eigenvalue weighted by Gasteiger charge is 2.35. The van der Waals surface area contributed by atoms with E-state index >= 15 is 0 Å². The predicted molar refractivity (Wildman–Crippen MR) is 57.7 cm³/mol. The van der Waals surface area contributed by atoms with Crippen LogP contribution < -0.4 is 5.32 Å². The molecule has 0 aromatic carbocycles. The fourth-order valence-electron chi connectivity index (χ4n) is 2.19.